The van der Waals surface area contributed by atoms with E-state index in [9.17, 15) is 4.79 Å². The van der Waals surface area contributed by atoms with Gasteiger partial charge in [-0.05, 0) is 24.3 Å². The van der Waals surface area contributed by atoms with E-state index in [2.05, 4.69) is 5.32 Å². The van der Waals surface area contributed by atoms with Gasteiger partial charge in [-0.25, -0.2) is 4.79 Å². The Kier molecular flexibility index (Phi) is 5.30. The number of carbonyl (C=O) groups excluding carboxylic acids is 1. The van der Waals surface area contributed by atoms with Gasteiger partial charge in [0.2, 0.25) is 0 Å². The molecule has 0 aliphatic rings. The molecule has 6 heteroatoms. The van der Waals surface area contributed by atoms with Gasteiger partial charge >= 0.3 is 5.97 Å². The summed E-state index contributed by atoms with van der Waals surface area (Å²) in [7, 11) is 6.30. The van der Waals surface area contributed by atoms with Gasteiger partial charge in [0.1, 0.15) is 17.1 Å². The van der Waals surface area contributed by atoms with Gasteiger partial charge in [-0.1, -0.05) is 0 Å². The molecule has 0 saturated carbocycles. The molecule has 0 aliphatic heterocycles. The third-order valence-electron chi connectivity index (χ3n) is 3.28. The van der Waals surface area contributed by atoms with Gasteiger partial charge in [0.05, 0.1) is 21.3 Å². The minimum atomic E-state index is -0.542. The predicted molar refractivity (Wildman–Crippen MR) is 87.0 cm³/mol. The van der Waals surface area contributed by atoms with Crippen LogP contribution in [0.2, 0.25) is 0 Å². The molecule has 2 rings (SSSR count). The first kappa shape index (κ1) is 16.5. The van der Waals surface area contributed by atoms with Gasteiger partial charge in [-0.2, -0.15) is 0 Å². The van der Waals surface area contributed by atoms with Crippen LogP contribution in [0, 0.1) is 0 Å². The lowest BCUT2D eigenvalue weighted by atomic mass is 10.1. The standard InChI is InChI=1S/C17H19NO5/c1-18-11-5-7-12(8-6-11)23-17(19)13-9-15(21-3)16(22-4)10-14(13)20-2/h5-10,18H,1-4H3. The molecule has 0 atom stereocenters. The third-order valence-corrected chi connectivity index (χ3v) is 3.28. The molecule has 122 valence electrons. The molecule has 0 aromatic heterocycles. The number of methoxy groups -OCH3 is 3. The van der Waals surface area contributed by atoms with Gasteiger partial charge in [0.15, 0.2) is 11.5 Å². The average Bonchev–Trinajstić information content (AvgIpc) is 2.60. The Morgan fingerprint density at radius 1 is 0.870 bits per heavy atom. The van der Waals surface area contributed by atoms with Crippen molar-refractivity contribution in [1.29, 1.82) is 0 Å². The van der Waals surface area contributed by atoms with Gasteiger partial charge in [-0.15, -0.1) is 0 Å². The SMILES string of the molecule is CNc1ccc(OC(=O)c2cc(OC)c(OC)cc2OC)cc1. The fourth-order valence-corrected chi connectivity index (χ4v) is 2.04. The second kappa shape index (κ2) is 7.40. The third kappa shape index (κ3) is 3.66. The molecule has 0 bridgehead atoms. The lowest BCUT2D eigenvalue weighted by molar-refractivity contribution is 0.0731. The van der Waals surface area contributed by atoms with E-state index in [1.54, 1.807) is 18.2 Å². The molecule has 2 aromatic carbocycles. The lowest BCUT2D eigenvalue weighted by Gasteiger charge is -2.13. The largest absolute Gasteiger partial charge is 0.496 e. The Morgan fingerprint density at radius 3 is 1.96 bits per heavy atom. The fraction of sp³-hybridized carbons (Fsp3) is 0.235. The number of carbonyl (C=O) groups is 1. The van der Waals surface area contributed by atoms with Crippen LogP contribution in [0.25, 0.3) is 0 Å². The molecule has 0 unspecified atom stereocenters. The zero-order chi connectivity index (χ0) is 16.8. The molecule has 0 spiro atoms. The molecule has 0 radical (unpaired) electrons. The van der Waals surface area contributed by atoms with Gasteiger partial charge < -0.3 is 24.3 Å². The number of ether oxygens (including phenoxy) is 4. The van der Waals surface area contributed by atoms with Crippen LogP contribution >= 0.6 is 0 Å². The zero-order valence-corrected chi connectivity index (χ0v) is 13.5. The second-order valence-corrected chi connectivity index (χ2v) is 4.57. The topological polar surface area (TPSA) is 66.0 Å². The Balaban J connectivity index is 2.29. The average molecular weight is 317 g/mol. The number of anilines is 1. The van der Waals surface area contributed by atoms with E-state index in [0.717, 1.165) is 5.69 Å². The molecule has 6 nitrogen and oxygen atoms in total. The van der Waals surface area contributed by atoms with Crippen LogP contribution in [0.4, 0.5) is 5.69 Å². The summed E-state index contributed by atoms with van der Waals surface area (Å²) in [4.78, 5) is 12.4. The minimum absolute atomic E-state index is 0.253. The molecule has 0 amide bonds. The monoisotopic (exact) mass is 317 g/mol. The summed E-state index contributed by atoms with van der Waals surface area (Å²) in [6.07, 6.45) is 0. The maximum Gasteiger partial charge on any atom is 0.347 e. The van der Waals surface area contributed by atoms with Crippen LogP contribution in [0.3, 0.4) is 0 Å². The second-order valence-electron chi connectivity index (χ2n) is 4.57. The first-order valence-corrected chi connectivity index (χ1v) is 6.93. The van der Waals surface area contributed by atoms with Crippen molar-refractivity contribution in [3.63, 3.8) is 0 Å². The minimum Gasteiger partial charge on any atom is -0.496 e. The maximum atomic E-state index is 12.4. The molecule has 1 N–H and O–H groups in total. The van der Waals surface area contributed by atoms with E-state index >= 15 is 0 Å². The highest BCUT2D eigenvalue weighted by Gasteiger charge is 2.19. The van der Waals surface area contributed by atoms with Gasteiger partial charge in [-0.3, -0.25) is 0 Å². The molecule has 0 fully saturated rings. The van der Waals surface area contributed by atoms with Crippen molar-refractivity contribution in [3.05, 3.63) is 42.0 Å². The summed E-state index contributed by atoms with van der Waals surface area (Å²) in [6, 6.07) is 10.2. The van der Waals surface area contributed by atoms with E-state index in [0.29, 0.717) is 23.0 Å². The Morgan fingerprint density at radius 2 is 1.43 bits per heavy atom. The van der Waals surface area contributed by atoms with E-state index in [1.807, 2.05) is 19.2 Å². The van der Waals surface area contributed by atoms with Crippen molar-refractivity contribution in [1.82, 2.24) is 0 Å². The van der Waals surface area contributed by atoms with Crippen molar-refractivity contribution < 1.29 is 23.7 Å². The molecular weight excluding hydrogens is 298 g/mol. The smallest absolute Gasteiger partial charge is 0.347 e. The number of hydrogen-bond donors (Lipinski definition) is 1. The summed E-state index contributed by atoms with van der Waals surface area (Å²) >= 11 is 0. The summed E-state index contributed by atoms with van der Waals surface area (Å²) in [5, 5.41) is 2.99. The highest BCUT2D eigenvalue weighted by atomic mass is 16.5. The maximum absolute atomic E-state index is 12.4. The normalized spacial score (nSPS) is 9.91. The number of rotatable bonds is 6. The fourth-order valence-electron chi connectivity index (χ4n) is 2.04. The number of esters is 1. The Hall–Kier alpha value is -2.89. The highest BCUT2D eigenvalue weighted by Crippen LogP contribution is 2.35. The van der Waals surface area contributed by atoms with E-state index in [1.165, 1.54) is 27.4 Å². The molecule has 2 aromatic rings. The van der Waals surface area contributed by atoms with Crippen LogP contribution in [0.1, 0.15) is 10.4 Å². The van der Waals surface area contributed by atoms with E-state index < -0.39 is 5.97 Å². The number of hydrogen-bond acceptors (Lipinski definition) is 6. The van der Waals surface area contributed by atoms with Crippen molar-refractivity contribution in [3.8, 4) is 23.0 Å². The molecule has 0 saturated heterocycles. The van der Waals surface area contributed by atoms with Crippen molar-refractivity contribution in [2.75, 3.05) is 33.7 Å². The highest BCUT2D eigenvalue weighted by molar-refractivity contribution is 5.95. The van der Waals surface area contributed by atoms with Crippen molar-refractivity contribution in [2.45, 2.75) is 0 Å². The lowest BCUT2D eigenvalue weighted by Crippen LogP contribution is -2.11. The van der Waals surface area contributed by atoms with Crippen LogP contribution in [-0.4, -0.2) is 34.3 Å². The van der Waals surface area contributed by atoms with Gasteiger partial charge in [0.25, 0.3) is 0 Å². The Labute approximate surface area is 134 Å². The van der Waals surface area contributed by atoms with Crippen LogP contribution in [-0.2, 0) is 0 Å². The molecule has 0 heterocycles. The van der Waals surface area contributed by atoms with Crippen molar-refractivity contribution in [2.24, 2.45) is 0 Å². The summed E-state index contributed by atoms with van der Waals surface area (Å²) in [6.45, 7) is 0. The zero-order valence-electron chi connectivity index (χ0n) is 13.5. The quantitative estimate of drug-likeness (QED) is 0.653. The number of benzene rings is 2. The summed E-state index contributed by atoms with van der Waals surface area (Å²) in [5.74, 6) is 1.13. The molecule has 23 heavy (non-hydrogen) atoms. The first-order chi connectivity index (χ1) is 11.1. The van der Waals surface area contributed by atoms with Crippen LogP contribution < -0.4 is 24.3 Å². The number of nitrogens with one attached hydrogen (secondary N) is 1. The summed E-state index contributed by atoms with van der Waals surface area (Å²) < 4.78 is 21.0. The first-order valence-electron chi connectivity index (χ1n) is 6.93. The summed E-state index contributed by atoms with van der Waals surface area (Å²) in [5.41, 5.74) is 1.18. The van der Waals surface area contributed by atoms with E-state index in [-0.39, 0.29) is 5.56 Å². The van der Waals surface area contributed by atoms with E-state index in [4.69, 9.17) is 18.9 Å². The van der Waals surface area contributed by atoms with Crippen molar-refractivity contribution >= 4 is 11.7 Å². The Bertz CT molecular complexity index is 682. The predicted octanol–water partition coefficient (Wildman–Crippen LogP) is 2.97. The van der Waals surface area contributed by atoms with Gasteiger partial charge in [0, 0.05) is 24.9 Å². The molecule has 0 aliphatic carbocycles. The van der Waals surface area contributed by atoms with Crippen LogP contribution in [0.15, 0.2) is 36.4 Å². The molecular formula is C17H19NO5. The van der Waals surface area contributed by atoms with Crippen LogP contribution in [0.5, 0.6) is 23.0 Å².